The minimum absolute atomic E-state index is 0.127. The van der Waals surface area contributed by atoms with Gasteiger partial charge in [-0.1, -0.05) is 71.2 Å². The zero-order chi connectivity index (χ0) is 23.5. The Morgan fingerprint density at radius 2 is 1.79 bits per heavy atom. The van der Waals surface area contributed by atoms with Crippen molar-refractivity contribution in [1.29, 1.82) is 0 Å². The molecule has 5 rings (SSSR count). The van der Waals surface area contributed by atoms with Crippen molar-refractivity contribution in [3.8, 4) is 5.75 Å². The number of allylic oxidation sites excluding steroid dienone is 2. The van der Waals surface area contributed by atoms with Gasteiger partial charge in [-0.2, -0.15) is 0 Å². The van der Waals surface area contributed by atoms with E-state index in [1.54, 1.807) is 0 Å². The molecular weight excluding hydrogens is 402 g/mol. The Morgan fingerprint density at radius 1 is 1.06 bits per heavy atom. The molecule has 2 aromatic carbocycles. The van der Waals surface area contributed by atoms with Gasteiger partial charge in [0.1, 0.15) is 5.75 Å². The monoisotopic (exact) mass is 441 g/mol. The lowest BCUT2D eigenvalue weighted by Crippen LogP contribution is -2.50. The van der Waals surface area contributed by atoms with E-state index in [-0.39, 0.29) is 10.8 Å². The van der Waals surface area contributed by atoms with Crippen LogP contribution in [0.2, 0.25) is 0 Å². The number of benzene rings is 2. The third-order valence-electron chi connectivity index (χ3n) is 9.08. The topological polar surface area (TPSA) is 23.5 Å². The molecule has 1 N–H and O–H groups in total. The minimum atomic E-state index is 0.127. The molecule has 4 unspecified atom stereocenters. The average molecular weight is 442 g/mol. The van der Waals surface area contributed by atoms with Gasteiger partial charge in [-0.15, -0.1) is 0 Å². The van der Waals surface area contributed by atoms with E-state index >= 15 is 0 Å². The van der Waals surface area contributed by atoms with Crippen molar-refractivity contribution in [2.75, 3.05) is 0 Å². The molecule has 0 spiro atoms. The molecule has 1 heterocycles. The van der Waals surface area contributed by atoms with Crippen molar-refractivity contribution < 1.29 is 5.11 Å². The number of nitrogens with zero attached hydrogens (tertiary/aromatic N) is 1. The second-order valence-electron chi connectivity index (χ2n) is 12.0. The summed E-state index contributed by atoms with van der Waals surface area (Å²) < 4.78 is 0. The largest absolute Gasteiger partial charge is 0.508 e. The minimum Gasteiger partial charge on any atom is -0.508 e. The van der Waals surface area contributed by atoms with Gasteiger partial charge in [0, 0.05) is 23.4 Å². The molecular formula is C31H39NO. The summed E-state index contributed by atoms with van der Waals surface area (Å²) in [7, 11) is 0. The number of hydrogen-bond donors (Lipinski definition) is 1. The van der Waals surface area contributed by atoms with E-state index in [1.807, 2.05) is 12.1 Å². The fourth-order valence-corrected chi connectivity index (χ4v) is 6.99. The number of likely N-dealkylation sites (tertiary alicyclic amines) is 1. The molecule has 0 bridgehead atoms. The van der Waals surface area contributed by atoms with Gasteiger partial charge >= 0.3 is 0 Å². The lowest BCUT2D eigenvalue weighted by atomic mass is 9.51. The van der Waals surface area contributed by atoms with Crippen molar-refractivity contribution in [2.45, 2.75) is 77.7 Å². The summed E-state index contributed by atoms with van der Waals surface area (Å²) >= 11 is 0. The maximum atomic E-state index is 9.96. The summed E-state index contributed by atoms with van der Waals surface area (Å²) in [5.74, 6) is 2.27. The summed E-state index contributed by atoms with van der Waals surface area (Å²) in [5, 5.41) is 9.96. The van der Waals surface area contributed by atoms with Crippen LogP contribution in [0, 0.1) is 17.3 Å². The molecule has 0 radical (unpaired) electrons. The summed E-state index contributed by atoms with van der Waals surface area (Å²) in [6, 6.07) is 15.2. The molecule has 1 saturated heterocycles. The Balaban J connectivity index is 1.38. The summed E-state index contributed by atoms with van der Waals surface area (Å²) in [6.07, 6.45) is 5.71. The molecule has 4 atom stereocenters. The highest BCUT2D eigenvalue weighted by Gasteiger charge is 2.53. The first kappa shape index (κ1) is 22.3. The molecule has 1 saturated carbocycles. The number of phenols is 1. The van der Waals surface area contributed by atoms with Crippen LogP contribution in [0.1, 0.15) is 81.5 Å². The normalized spacial score (nSPS) is 29.3. The number of aromatic hydroxyl groups is 1. The fraction of sp³-hybridized carbons (Fsp3) is 0.484. The van der Waals surface area contributed by atoms with E-state index in [4.69, 9.17) is 0 Å². The van der Waals surface area contributed by atoms with E-state index in [2.05, 4.69) is 76.1 Å². The second-order valence-corrected chi connectivity index (χ2v) is 12.0. The van der Waals surface area contributed by atoms with E-state index in [0.717, 1.165) is 19.4 Å². The highest BCUT2D eigenvalue weighted by atomic mass is 16.3. The van der Waals surface area contributed by atoms with Crippen molar-refractivity contribution in [3.63, 3.8) is 0 Å². The lowest BCUT2D eigenvalue weighted by molar-refractivity contribution is 0.0143. The van der Waals surface area contributed by atoms with Crippen LogP contribution in [0.4, 0.5) is 0 Å². The third-order valence-corrected chi connectivity index (χ3v) is 9.08. The highest BCUT2D eigenvalue weighted by molar-refractivity contribution is 5.41. The molecule has 2 heteroatoms. The molecule has 1 aliphatic heterocycles. The molecule has 0 aromatic heterocycles. The number of hydrogen-bond acceptors (Lipinski definition) is 2. The number of fused-ring (bicyclic) bond motifs is 5. The Bertz CT molecular complexity index is 1090. The van der Waals surface area contributed by atoms with E-state index < -0.39 is 0 Å². The average Bonchev–Trinajstić information content (AvgIpc) is 2.77. The predicted octanol–water partition coefficient (Wildman–Crippen LogP) is 7.69. The summed E-state index contributed by atoms with van der Waals surface area (Å²) in [6.45, 7) is 19.3. The van der Waals surface area contributed by atoms with Crippen molar-refractivity contribution in [2.24, 2.45) is 17.3 Å². The van der Waals surface area contributed by atoms with Gasteiger partial charge in [-0.25, -0.2) is 0 Å². The zero-order valence-electron chi connectivity index (χ0n) is 20.8. The van der Waals surface area contributed by atoms with Crippen LogP contribution in [0.3, 0.4) is 0 Å². The Kier molecular flexibility index (Phi) is 5.27. The van der Waals surface area contributed by atoms with Crippen LogP contribution in [-0.2, 0) is 18.4 Å². The first-order chi connectivity index (χ1) is 15.6. The van der Waals surface area contributed by atoms with Crippen LogP contribution < -0.4 is 0 Å². The molecule has 2 nitrogen and oxygen atoms in total. The van der Waals surface area contributed by atoms with Crippen molar-refractivity contribution >= 4 is 0 Å². The van der Waals surface area contributed by atoms with Crippen molar-refractivity contribution in [3.05, 3.63) is 89.3 Å². The molecule has 0 amide bonds. The number of piperidine rings is 1. The van der Waals surface area contributed by atoms with Gasteiger partial charge < -0.3 is 10.0 Å². The van der Waals surface area contributed by atoms with Crippen molar-refractivity contribution in [1.82, 2.24) is 4.90 Å². The van der Waals surface area contributed by atoms with Crippen LogP contribution in [0.15, 0.2) is 67.0 Å². The maximum Gasteiger partial charge on any atom is 0.115 e. The third kappa shape index (κ3) is 3.72. The number of aryl methyl sites for hydroxylation is 1. The first-order valence-electron chi connectivity index (χ1n) is 12.6. The predicted molar refractivity (Wildman–Crippen MR) is 137 cm³/mol. The highest BCUT2D eigenvalue weighted by Crippen LogP contribution is 2.61. The standard InChI is InChI=1S/C31H39NO/c1-20-17-29-28-13-9-23-18-25(33)12-14-26(23)27(28)15-16-31(29,6)21(2)32(20)19-22-7-10-24(11-8-22)30(3,4)5/h7-8,10-12,14,18,27-29,33H,1-2,9,13,15-17,19H2,3-6H3. The Labute approximate surface area is 200 Å². The first-order valence-corrected chi connectivity index (χ1v) is 12.6. The molecule has 2 fully saturated rings. The second kappa shape index (κ2) is 7.79. The maximum absolute atomic E-state index is 9.96. The van der Waals surface area contributed by atoms with E-state index in [9.17, 15) is 5.11 Å². The van der Waals surface area contributed by atoms with Crippen LogP contribution in [0.25, 0.3) is 0 Å². The Morgan fingerprint density at radius 3 is 2.48 bits per heavy atom. The summed E-state index contributed by atoms with van der Waals surface area (Å²) in [5.41, 5.74) is 8.32. The molecule has 3 aliphatic rings. The molecule has 2 aliphatic carbocycles. The molecule has 2 aromatic rings. The SMILES string of the molecule is C=C1CC2C3CCc4cc(O)ccc4C3CCC2(C)C(=C)N1Cc1ccc(C(C)(C)C)cc1. The van der Waals surface area contributed by atoms with Gasteiger partial charge in [0.05, 0.1) is 0 Å². The number of rotatable bonds is 2. The van der Waals surface area contributed by atoms with Crippen LogP contribution >= 0.6 is 0 Å². The van der Waals surface area contributed by atoms with Gasteiger partial charge in [-0.05, 0) is 89.7 Å². The smallest absolute Gasteiger partial charge is 0.115 e. The quantitative estimate of drug-likeness (QED) is 0.516. The van der Waals surface area contributed by atoms with E-state index in [0.29, 0.717) is 23.5 Å². The Hall–Kier alpha value is -2.48. The molecule has 174 valence electrons. The fourth-order valence-electron chi connectivity index (χ4n) is 6.99. The number of phenolic OH excluding ortho intramolecular Hbond substituents is 1. The molecule has 33 heavy (non-hydrogen) atoms. The van der Waals surface area contributed by atoms with Gasteiger partial charge in [0.15, 0.2) is 0 Å². The summed E-state index contributed by atoms with van der Waals surface area (Å²) in [4.78, 5) is 2.41. The van der Waals surface area contributed by atoms with Gasteiger partial charge in [-0.3, -0.25) is 0 Å². The van der Waals surface area contributed by atoms with Gasteiger partial charge in [0.25, 0.3) is 0 Å². The van der Waals surface area contributed by atoms with E-state index in [1.165, 1.54) is 52.9 Å². The van der Waals surface area contributed by atoms with Gasteiger partial charge in [0.2, 0.25) is 0 Å². The van der Waals surface area contributed by atoms with Crippen LogP contribution in [-0.4, -0.2) is 10.0 Å². The zero-order valence-corrected chi connectivity index (χ0v) is 20.8. The van der Waals surface area contributed by atoms with Crippen LogP contribution in [0.5, 0.6) is 5.75 Å². The lowest BCUT2D eigenvalue weighted by Gasteiger charge is -2.58.